The van der Waals surface area contributed by atoms with Crippen molar-refractivity contribution in [2.75, 3.05) is 20.1 Å². The van der Waals surface area contributed by atoms with Gasteiger partial charge in [-0.15, -0.1) is 24.0 Å². The smallest absolute Gasteiger partial charge is 0.387 e. The predicted octanol–water partition coefficient (Wildman–Crippen LogP) is 3.14. The lowest BCUT2D eigenvalue weighted by molar-refractivity contribution is -0.120. The molecule has 0 atom stereocenters. The Balaban J connectivity index is 0.00000625. The van der Waals surface area contributed by atoms with Crippen LogP contribution in [0.1, 0.15) is 25.3 Å². The summed E-state index contributed by atoms with van der Waals surface area (Å²) < 4.78 is 29.4. The number of hydrogen-bond acceptors (Lipinski definition) is 3. The van der Waals surface area contributed by atoms with Crippen LogP contribution in [-0.4, -0.2) is 38.6 Å². The van der Waals surface area contributed by atoms with Crippen molar-refractivity contribution in [3.8, 4) is 5.75 Å². The molecule has 0 aliphatic heterocycles. The normalized spacial score (nSPS) is 10.9. The van der Waals surface area contributed by atoms with E-state index in [1.54, 1.807) is 7.05 Å². The van der Waals surface area contributed by atoms with E-state index >= 15 is 0 Å². The average Bonchev–Trinajstić information content (AvgIpc) is 2.57. The Morgan fingerprint density at radius 3 is 2.62 bits per heavy atom. The van der Waals surface area contributed by atoms with Crippen LogP contribution >= 0.6 is 35.6 Å². The van der Waals surface area contributed by atoms with Gasteiger partial charge in [-0.25, -0.2) is 0 Å². The molecule has 0 bridgehead atoms. The molecule has 1 amide bonds. The van der Waals surface area contributed by atoms with Crippen LogP contribution in [0.3, 0.4) is 0 Å². The van der Waals surface area contributed by atoms with Crippen molar-refractivity contribution in [3.05, 3.63) is 28.8 Å². The molecule has 26 heavy (non-hydrogen) atoms. The van der Waals surface area contributed by atoms with E-state index in [2.05, 4.69) is 25.7 Å². The second-order valence-corrected chi connectivity index (χ2v) is 5.52. The highest BCUT2D eigenvalue weighted by Crippen LogP contribution is 2.24. The number of aliphatic imine (C=N–C) groups is 1. The monoisotopic (exact) mass is 504 g/mol. The number of halogens is 4. The van der Waals surface area contributed by atoms with Crippen LogP contribution in [0.4, 0.5) is 8.78 Å². The summed E-state index contributed by atoms with van der Waals surface area (Å²) in [5, 5.41) is 9.13. The number of carbonyl (C=O) groups is 1. The summed E-state index contributed by atoms with van der Waals surface area (Å²) in [5.74, 6) is 0.430. The predicted molar refractivity (Wildman–Crippen MR) is 110 cm³/mol. The molecule has 1 aromatic carbocycles. The number of carbonyl (C=O) groups excluding carboxylic acids is 1. The van der Waals surface area contributed by atoms with Gasteiger partial charge in [-0.1, -0.05) is 18.5 Å². The van der Waals surface area contributed by atoms with Crippen molar-refractivity contribution in [3.63, 3.8) is 0 Å². The molecule has 0 saturated heterocycles. The summed E-state index contributed by atoms with van der Waals surface area (Å²) in [4.78, 5) is 15.5. The first-order valence-electron chi connectivity index (χ1n) is 7.90. The molecule has 0 radical (unpaired) electrons. The third-order valence-corrected chi connectivity index (χ3v) is 3.36. The van der Waals surface area contributed by atoms with Crippen molar-refractivity contribution in [2.45, 2.75) is 32.9 Å². The van der Waals surface area contributed by atoms with E-state index in [1.165, 1.54) is 18.2 Å². The largest absolute Gasteiger partial charge is 0.434 e. The SMILES string of the molecule is CCCNC(=O)CCNC(=NC)NCc1cc(Cl)ccc1OC(F)F.I. The molecule has 148 valence electrons. The fourth-order valence-corrected chi connectivity index (χ4v) is 2.14. The Kier molecular flexibility index (Phi) is 13.1. The molecule has 0 aliphatic carbocycles. The summed E-state index contributed by atoms with van der Waals surface area (Å²) in [6.45, 7) is 0.286. The molecule has 0 heterocycles. The van der Waals surface area contributed by atoms with Gasteiger partial charge in [-0.2, -0.15) is 8.78 Å². The molecule has 1 aromatic rings. The maximum Gasteiger partial charge on any atom is 0.387 e. The van der Waals surface area contributed by atoms with Crippen LogP contribution in [0.25, 0.3) is 0 Å². The fourth-order valence-electron chi connectivity index (χ4n) is 1.94. The van der Waals surface area contributed by atoms with Crippen molar-refractivity contribution in [1.29, 1.82) is 0 Å². The molecule has 10 heteroatoms. The number of rotatable bonds is 9. The Hall–Kier alpha value is -1.36. The van der Waals surface area contributed by atoms with Crippen molar-refractivity contribution in [2.24, 2.45) is 4.99 Å². The molecule has 0 spiro atoms. The van der Waals surface area contributed by atoms with E-state index in [-0.39, 0.29) is 42.2 Å². The van der Waals surface area contributed by atoms with Gasteiger partial charge in [0.25, 0.3) is 0 Å². The Morgan fingerprint density at radius 2 is 2.00 bits per heavy atom. The molecular weight excluding hydrogens is 481 g/mol. The van der Waals surface area contributed by atoms with Gasteiger partial charge >= 0.3 is 6.61 Å². The molecule has 0 aliphatic rings. The summed E-state index contributed by atoms with van der Waals surface area (Å²) in [5.41, 5.74) is 0.469. The highest BCUT2D eigenvalue weighted by Gasteiger charge is 2.11. The zero-order valence-electron chi connectivity index (χ0n) is 14.7. The highest BCUT2D eigenvalue weighted by atomic mass is 127. The van der Waals surface area contributed by atoms with E-state index < -0.39 is 6.61 Å². The lowest BCUT2D eigenvalue weighted by Crippen LogP contribution is -2.39. The van der Waals surface area contributed by atoms with E-state index in [9.17, 15) is 13.6 Å². The van der Waals surface area contributed by atoms with Gasteiger partial charge in [0.1, 0.15) is 5.75 Å². The van der Waals surface area contributed by atoms with E-state index in [1.807, 2.05) is 6.92 Å². The summed E-state index contributed by atoms with van der Waals surface area (Å²) in [6.07, 6.45) is 1.18. The maximum atomic E-state index is 12.4. The minimum absolute atomic E-state index is 0. The molecule has 0 aromatic heterocycles. The van der Waals surface area contributed by atoms with Gasteiger partial charge in [-0.05, 0) is 24.6 Å². The van der Waals surface area contributed by atoms with Crippen LogP contribution in [0.2, 0.25) is 5.02 Å². The van der Waals surface area contributed by atoms with Crippen LogP contribution in [0, 0.1) is 0 Å². The van der Waals surface area contributed by atoms with Crippen LogP contribution < -0.4 is 20.7 Å². The van der Waals surface area contributed by atoms with Gasteiger partial charge in [0, 0.05) is 43.7 Å². The third-order valence-electron chi connectivity index (χ3n) is 3.13. The van der Waals surface area contributed by atoms with Gasteiger partial charge in [0.05, 0.1) is 0 Å². The standard InChI is InChI=1S/C16H23ClF2N4O2.HI/c1-3-7-21-14(24)6-8-22-16(20-2)23-10-11-9-12(17)4-5-13(11)25-15(18)19;/h4-5,9,15H,3,6-8,10H2,1-2H3,(H,21,24)(H2,20,22,23);1H. The van der Waals surface area contributed by atoms with Crippen LogP contribution in [0.15, 0.2) is 23.2 Å². The number of ether oxygens (including phenoxy) is 1. The van der Waals surface area contributed by atoms with Gasteiger partial charge in [0.2, 0.25) is 5.91 Å². The third kappa shape index (κ3) is 9.95. The minimum Gasteiger partial charge on any atom is -0.434 e. The van der Waals surface area contributed by atoms with E-state index in [0.717, 1.165) is 6.42 Å². The second-order valence-electron chi connectivity index (χ2n) is 5.08. The fraction of sp³-hybridized carbons (Fsp3) is 0.500. The molecule has 6 nitrogen and oxygen atoms in total. The summed E-state index contributed by atoms with van der Waals surface area (Å²) >= 11 is 5.90. The molecular formula is C16H24ClF2IN4O2. The average molecular weight is 505 g/mol. The van der Waals surface area contributed by atoms with Crippen molar-refractivity contribution >= 4 is 47.4 Å². The zero-order chi connectivity index (χ0) is 18.7. The number of nitrogens with zero attached hydrogens (tertiary/aromatic N) is 1. The second kappa shape index (κ2) is 13.8. The van der Waals surface area contributed by atoms with Gasteiger partial charge in [-0.3, -0.25) is 9.79 Å². The molecule has 3 N–H and O–H groups in total. The van der Waals surface area contributed by atoms with Gasteiger partial charge in [0.15, 0.2) is 5.96 Å². The lowest BCUT2D eigenvalue weighted by atomic mass is 10.2. The maximum absolute atomic E-state index is 12.4. The first kappa shape index (κ1) is 24.6. The Labute approximate surface area is 174 Å². The quantitative estimate of drug-likeness (QED) is 0.274. The molecule has 0 fully saturated rings. The molecule has 0 saturated carbocycles. The number of alkyl halides is 2. The first-order valence-corrected chi connectivity index (χ1v) is 8.28. The van der Waals surface area contributed by atoms with E-state index in [0.29, 0.717) is 36.1 Å². The highest BCUT2D eigenvalue weighted by molar-refractivity contribution is 14.0. The summed E-state index contributed by atoms with van der Waals surface area (Å²) in [6, 6.07) is 4.41. The number of hydrogen-bond donors (Lipinski definition) is 3. The van der Waals surface area contributed by atoms with Crippen LogP contribution in [0.5, 0.6) is 5.75 Å². The summed E-state index contributed by atoms with van der Waals surface area (Å²) in [7, 11) is 1.57. The van der Waals surface area contributed by atoms with Crippen molar-refractivity contribution < 1.29 is 18.3 Å². The molecule has 0 unspecified atom stereocenters. The Bertz CT molecular complexity index is 591. The number of nitrogens with one attached hydrogen (secondary N) is 3. The zero-order valence-corrected chi connectivity index (χ0v) is 17.7. The topological polar surface area (TPSA) is 74.8 Å². The van der Waals surface area contributed by atoms with Gasteiger partial charge < -0.3 is 20.7 Å². The lowest BCUT2D eigenvalue weighted by Gasteiger charge is -2.15. The number of amides is 1. The minimum atomic E-state index is -2.92. The van der Waals surface area contributed by atoms with E-state index in [4.69, 9.17) is 11.6 Å². The number of guanidine groups is 1. The van der Waals surface area contributed by atoms with Crippen LogP contribution in [-0.2, 0) is 11.3 Å². The molecule has 1 rings (SSSR count). The van der Waals surface area contributed by atoms with Crippen molar-refractivity contribution in [1.82, 2.24) is 16.0 Å². The first-order chi connectivity index (χ1) is 12.0. The Morgan fingerprint density at radius 1 is 1.27 bits per heavy atom. The number of benzene rings is 1.